The SMILES string of the molecule is COc1cc(/C=N/Nc2nc(C)cc(=O)[nH]2)ccc1O. The molecule has 0 saturated carbocycles. The van der Waals surface area contributed by atoms with E-state index in [-0.39, 0.29) is 17.3 Å². The smallest absolute Gasteiger partial charge is 0.252 e. The number of H-pyrrole nitrogens is 1. The molecule has 1 aromatic heterocycles. The summed E-state index contributed by atoms with van der Waals surface area (Å²) < 4.78 is 4.99. The fourth-order valence-corrected chi connectivity index (χ4v) is 1.57. The molecule has 0 radical (unpaired) electrons. The van der Waals surface area contributed by atoms with Gasteiger partial charge in [0.05, 0.1) is 13.3 Å². The van der Waals surface area contributed by atoms with Gasteiger partial charge in [0.25, 0.3) is 5.56 Å². The quantitative estimate of drug-likeness (QED) is 0.575. The van der Waals surface area contributed by atoms with Gasteiger partial charge >= 0.3 is 0 Å². The van der Waals surface area contributed by atoms with Gasteiger partial charge in [-0.05, 0) is 30.7 Å². The summed E-state index contributed by atoms with van der Waals surface area (Å²) in [6.07, 6.45) is 1.52. The third-order valence-corrected chi connectivity index (χ3v) is 2.46. The summed E-state index contributed by atoms with van der Waals surface area (Å²) in [7, 11) is 1.47. The number of ether oxygens (including phenoxy) is 1. The van der Waals surface area contributed by atoms with Gasteiger partial charge in [0, 0.05) is 11.8 Å². The molecule has 104 valence electrons. The third-order valence-electron chi connectivity index (χ3n) is 2.46. The zero-order chi connectivity index (χ0) is 14.5. The Labute approximate surface area is 115 Å². The normalized spacial score (nSPS) is 10.7. The number of aromatic amines is 1. The Hall–Kier alpha value is -2.83. The van der Waals surface area contributed by atoms with Crippen molar-refractivity contribution in [3.05, 3.63) is 45.9 Å². The molecule has 0 amide bonds. The first-order valence-electron chi connectivity index (χ1n) is 5.82. The highest BCUT2D eigenvalue weighted by Gasteiger charge is 2.01. The maximum atomic E-state index is 11.2. The van der Waals surface area contributed by atoms with Gasteiger partial charge in [0.2, 0.25) is 5.95 Å². The van der Waals surface area contributed by atoms with Crippen LogP contribution in [0.1, 0.15) is 11.3 Å². The highest BCUT2D eigenvalue weighted by Crippen LogP contribution is 2.25. The monoisotopic (exact) mass is 274 g/mol. The second kappa shape index (κ2) is 5.87. The van der Waals surface area contributed by atoms with Crippen molar-refractivity contribution >= 4 is 12.2 Å². The largest absolute Gasteiger partial charge is 0.504 e. The number of phenolic OH excluding ortho intramolecular Hbond substituents is 1. The molecule has 0 fully saturated rings. The summed E-state index contributed by atoms with van der Waals surface area (Å²) in [6, 6.07) is 6.20. The Balaban J connectivity index is 2.12. The van der Waals surface area contributed by atoms with E-state index in [1.54, 1.807) is 19.1 Å². The first-order valence-corrected chi connectivity index (χ1v) is 5.82. The summed E-state index contributed by atoms with van der Waals surface area (Å²) in [4.78, 5) is 17.8. The van der Waals surface area contributed by atoms with Crippen molar-refractivity contribution < 1.29 is 9.84 Å². The van der Waals surface area contributed by atoms with Crippen LogP contribution in [0.4, 0.5) is 5.95 Å². The number of aromatic nitrogens is 2. The molecule has 1 aromatic carbocycles. The van der Waals surface area contributed by atoms with E-state index in [2.05, 4.69) is 20.5 Å². The number of hydrogen-bond acceptors (Lipinski definition) is 6. The van der Waals surface area contributed by atoms with E-state index >= 15 is 0 Å². The van der Waals surface area contributed by atoms with Crippen molar-refractivity contribution in [3.63, 3.8) is 0 Å². The molecule has 0 aliphatic carbocycles. The first-order chi connectivity index (χ1) is 9.58. The zero-order valence-corrected chi connectivity index (χ0v) is 11.0. The van der Waals surface area contributed by atoms with Crippen molar-refractivity contribution in [2.24, 2.45) is 5.10 Å². The van der Waals surface area contributed by atoms with Crippen LogP contribution in [0.3, 0.4) is 0 Å². The minimum atomic E-state index is -0.249. The van der Waals surface area contributed by atoms with Crippen LogP contribution >= 0.6 is 0 Å². The topological polar surface area (TPSA) is 99.6 Å². The summed E-state index contributed by atoms with van der Waals surface area (Å²) in [5, 5.41) is 13.4. The third kappa shape index (κ3) is 3.35. The van der Waals surface area contributed by atoms with Crippen molar-refractivity contribution in [3.8, 4) is 11.5 Å². The van der Waals surface area contributed by atoms with Crippen molar-refractivity contribution in [2.45, 2.75) is 6.92 Å². The van der Waals surface area contributed by atoms with E-state index in [0.29, 0.717) is 11.4 Å². The zero-order valence-electron chi connectivity index (χ0n) is 11.0. The lowest BCUT2D eigenvalue weighted by Crippen LogP contribution is -2.10. The van der Waals surface area contributed by atoms with Gasteiger partial charge in [-0.15, -0.1) is 0 Å². The minimum Gasteiger partial charge on any atom is -0.504 e. The summed E-state index contributed by atoms with van der Waals surface area (Å²) >= 11 is 0. The number of benzene rings is 1. The molecule has 7 nitrogen and oxygen atoms in total. The summed E-state index contributed by atoms with van der Waals surface area (Å²) in [6.45, 7) is 1.72. The molecule has 2 aromatic rings. The van der Waals surface area contributed by atoms with Gasteiger partial charge in [-0.1, -0.05) is 0 Å². The maximum absolute atomic E-state index is 11.2. The van der Waals surface area contributed by atoms with Crippen LogP contribution in [0.25, 0.3) is 0 Å². The number of aromatic hydroxyl groups is 1. The fraction of sp³-hybridized carbons (Fsp3) is 0.154. The van der Waals surface area contributed by atoms with Crippen LogP contribution in [0.2, 0.25) is 0 Å². The summed E-state index contributed by atoms with van der Waals surface area (Å²) in [5.74, 6) is 0.676. The van der Waals surface area contributed by atoms with E-state index in [0.717, 1.165) is 5.56 Å². The Kier molecular flexibility index (Phi) is 3.99. The van der Waals surface area contributed by atoms with Crippen LogP contribution < -0.4 is 15.7 Å². The van der Waals surface area contributed by atoms with Crippen molar-refractivity contribution in [1.82, 2.24) is 9.97 Å². The Morgan fingerprint density at radius 3 is 2.95 bits per heavy atom. The van der Waals surface area contributed by atoms with E-state index in [9.17, 15) is 9.90 Å². The highest BCUT2D eigenvalue weighted by atomic mass is 16.5. The number of aryl methyl sites for hydroxylation is 1. The number of phenols is 1. The second-order valence-corrected chi connectivity index (χ2v) is 4.04. The fourth-order valence-electron chi connectivity index (χ4n) is 1.57. The molecular formula is C13H14N4O3. The number of anilines is 1. The van der Waals surface area contributed by atoms with Gasteiger partial charge in [0.1, 0.15) is 0 Å². The molecular weight excluding hydrogens is 260 g/mol. The van der Waals surface area contributed by atoms with Gasteiger partial charge in [-0.25, -0.2) is 10.4 Å². The van der Waals surface area contributed by atoms with Gasteiger partial charge in [0.15, 0.2) is 11.5 Å². The molecule has 3 N–H and O–H groups in total. The molecule has 0 atom stereocenters. The number of methoxy groups -OCH3 is 1. The number of hydrazone groups is 1. The molecule has 0 aliphatic rings. The van der Waals surface area contributed by atoms with Crippen molar-refractivity contribution in [1.29, 1.82) is 0 Å². The van der Waals surface area contributed by atoms with Crippen LogP contribution in [-0.2, 0) is 0 Å². The number of rotatable bonds is 4. The molecule has 0 aliphatic heterocycles. The molecule has 20 heavy (non-hydrogen) atoms. The van der Waals surface area contributed by atoms with Crippen LogP contribution in [0, 0.1) is 6.92 Å². The van der Waals surface area contributed by atoms with Gasteiger partial charge < -0.3 is 9.84 Å². The van der Waals surface area contributed by atoms with Gasteiger partial charge in [-0.2, -0.15) is 5.10 Å². The van der Waals surface area contributed by atoms with Gasteiger partial charge in [-0.3, -0.25) is 9.78 Å². The van der Waals surface area contributed by atoms with Crippen LogP contribution in [-0.4, -0.2) is 28.4 Å². The maximum Gasteiger partial charge on any atom is 0.252 e. The van der Waals surface area contributed by atoms with E-state index in [1.807, 2.05) is 0 Å². The summed E-state index contributed by atoms with van der Waals surface area (Å²) in [5.41, 5.74) is 3.70. The van der Waals surface area contributed by atoms with E-state index < -0.39 is 0 Å². The molecule has 0 bridgehead atoms. The molecule has 7 heteroatoms. The van der Waals surface area contributed by atoms with E-state index in [4.69, 9.17) is 4.74 Å². The predicted molar refractivity (Wildman–Crippen MR) is 75.5 cm³/mol. The average Bonchev–Trinajstić information content (AvgIpc) is 2.39. The highest BCUT2D eigenvalue weighted by molar-refractivity contribution is 5.81. The average molecular weight is 274 g/mol. The molecule has 1 heterocycles. The first kappa shape index (κ1) is 13.6. The lowest BCUT2D eigenvalue weighted by molar-refractivity contribution is 0.373. The van der Waals surface area contributed by atoms with Crippen molar-refractivity contribution in [2.75, 3.05) is 12.5 Å². The predicted octanol–water partition coefficient (Wildman–Crippen LogP) is 1.24. The second-order valence-electron chi connectivity index (χ2n) is 4.04. The standard InChI is InChI=1S/C13H14N4O3/c1-8-5-12(19)16-13(15-8)17-14-7-9-3-4-10(18)11(6-9)20-2/h3-7,18H,1-2H3,(H2,15,16,17,19)/b14-7+. The molecule has 2 rings (SSSR count). The number of hydrogen-bond donors (Lipinski definition) is 3. The molecule has 0 saturated heterocycles. The van der Waals surface area contributed by atoms with E-state index in [1.165, 1.54) is 25.5 Å². The lowest BCUT2D eigenvalue weighted by atomic mass is 10.2. The molecule has 0 unspecified atom stereocenters. The van der Waals surface area contributed by atoms with Crippen LogP contribution in [0.15, 0.2) is 34.2 Å². The van der Waals surface area contributed by atoms with Crippen LogP contribution in [0.5, 0.6) is 11.5 Å². The number of nitrogens with zero attached hydrogens (tertiary/aromatic N) is 2. The number of nitrogens with one attached hydrogen (secondary N) is 2. The minimum absolute atomic E-state index is 0.0577. The Bertz CT molecular complexity index is 694. The Morgan fingerprint density at radius 2 is 2.25 bits per heavy atom. The molecule has 0 spiro atoms. The lowest BCUT2D eigenvalue weighted by Gasteiger charge is -2.03. The Morgan fingerprint density at radius 1 is 1.45 bits per heavy atom.